The van der Waals surface area contributed by atoms with Gasteiger partial charge in [0.2, 0.25) is 5.95 Å². The first-order valence-electron chi connectivity index (χ1n) is 3.21. The first-order chi connectivity index (χ1) is 5.25. The van der Waals surface area contributed by atoms with Crippen LogP contribution >= 0.6 is 0 Å². The number of hydrogen-bond acceptors (Lipinski definition) is 4. The van der Waals surface area contributed by atoms with Gasteiger partial charge in [0.1, 0.15) is 0 Å². The molecule has 2 rings (SSSR count). The van der Waals surface area contributed by atoms with Crippen molar-refractivity contribution >= 4 is 11.7 Å². The number of rotatable bonds is 0. The van der Waals surface area contributed by atoms with Crippen LogP contribution in [0.1, 0.15) is 5.69 Å². The molecule has 0 radical (unpaired) electrons. The molecular formula is C6H7N5. The molecular weight excluding hydrogens is 142 g/mol. The smallest absolute Gasteiger partial charge is 0.254 e. The average Bonchev–Trinajstić information content (AvgIpc) is 2.27. The van der Waals surface area contributed by atoms with Gasteiger partial charge in [-0.2, -0.15) is 4.98 Å². The molecule has 0 amide bonds. The first-order valence-corrected chi connectivity index (χ1v) is 3.21. The lowest BCUT2D eigenvalue weighted by atomic mass is 10.5. The Labute approximate surface area is 62.9 Å². The third kappa shape index (κ3) is 0.899. The Balaban J connectivity index is 2.82. The lowest BCUT2D eigenvalue weighted by Gasteiger charge is -1.89. The largest absolute Gasteiger partial charge is 0.366 e. The maximum Gasteiger partial charge on any atom is 0.254 e. The molecule has 2 heterocycles. The van der Waals surface area contributed by atoms with Crippen LogP contribution in [-0.4, -0.2) is 19.6 Å². The minimum absolute atomic E-state index is 0.253. The van der Waals surface area contributed by atoms with Crippen LogP contribution in [0.15, 0.2) is 12.3 Å². The summed E-state index contributed by atoms with van der Waals surface area (Å²) in [5, 5.41) is 3.88. The van der Waals surface area contributed by atoms with Crippen molar-refractivity contribution in [1.29, 1.82) is 0 Å². The molecule has 0 aromatic carbocycles. The highest BCUT2D eigenvalue weighted by molar-refractivity contribution is 5.33. The molecule has 0 saturated heterocycles. The predicted octanol–water partition coefficient (Wildman–Crippen LogP) is 0.0149. The zero-order valence-electron chi connectivity index (χ0n) is 6.02. The zero-order valence-corrected chi connectivity index (χ0v) is 6.02. The molecule has 0 aliphatic carbocycles. The summed E-state index contributed by atoms with van der Waals surface area (Å²) >= 11 is 0. The number of fused-ring (bicyclic) bond motifs is 1. The lowest BCUT2D eigenvalue weighted by molar-refractivity contribution is 0.933. The topological polar surface area (TPSA) is 69.1 Å². The van der Waals surface area contributed by atoms with Gasteiger partial charge in [-0.3, -0.25) is 0 Å². The summed E-state index contributed by atoms with van der Waals surface area (Å²) in [6.45, 7) is 1.89. The van der Waals surface area contributed by atoms with E-state index in [4.69, 9.17) is 5.73 Å². The second-order valence-corrected chi connectivity index (χ2v) is 2.28. The van der Waals surface area contributed by atoms with Gasteiger partial charge in [-0.1, -0.05) is 0 Å². The van der Waals surface area contributed by atoms with Crippen LogP contribution in [0.25, 0.3) is 5.78 Å². The molecule has 0 atom stereocenters. The van der Waals surface area contributed by atoms with Gasteiger partial charge in [0.05, 0.1) is 0 Å². The molecule has 56 valence electrons. The Bertz CT molecular complexity index is 391. The molecule has 2 N–H and O–H groups in total. The fourth-order valence-electron chi connectivity index (χ4n) is 0.881. The van der Waals surface area contributed by atoms with Gasteiger partial charge < -0.3 is 5.73 Å². The lowest BCUT2D eigenvalue weighted by Crippen LogP contribution is -1.91. The SMILES string of the molecule is Cc1ccn2nc(N)nc2n1. The van der Waals surface area contributed by atoms with E-state index in [-0.39, 0.29) is 5.95 Å². The van der Waals surface area contributed by atoms with Gasteiger partial charge in [-0.15, -0.1) is 5.10 Å². The summed E-state index contributed by atoms with van der Waals surface area (Å²) in [6, 6.07) is 1.85. The number of nitrogens with two attached hydrogens (primary N) is 1. The Kier molecular flexibility index (Phi) is 1.06. The van der Waals surface area contributed by atoms with Crippen LogP contribution in [-0.2, 0) is 0 Å². The van der Waals surface area contributed by atoms with Crippen LogP contribution in [0.5, 0.6) is 0 Å². The van der Waals surface area contributed by atoms with Crippen molar-refractivity contribution in [3.8, 4) is 0 Å². The van der Waals surface area contributed by atoms with E-state index in [9.17, 15) is 0 Å². The summed E-state index contributed by atoms with van der Waals surface area (Å²) in [5.74, 6) is 0.797. The van der Waals surface area contributed by atoms with Crippen molar-refractivity contribution in [1.82, 2.24) is 19.6 Å². The molecule has 11 heavy (non-hydrogen) atoms. The minimum atomic E-state index is 0.253. The summed E-state index contributed by atoms with van der Waals surface area (Å²) in [7, 11) is 0. The van der Waals surface area contributed by atoms with E-state index < -0.39 is 0 Å². The Morgan fingerprint density at radius 2 is 2.27 bits per heavy atom. The van der Waals surface area contributed by atoms with Crippen molar-refractivity contribution in [3.05, 3.63) is 18.0 Å². The summed E-state index contributed by atoms with van der Waals surface area (Å²) in [5.41, 5.74) is 6.26. The maximum atomic E-state index is 5.36. The van der Waals surface area contributed by atoms with Crippen molar-refractivity contribution in [2.75, 3.05) is 5.73 Å². The highest BCUT2D eigenvalue weighted by Crippen LogP contribution is 1.99. The van der Waals surface area contributed by atoms with Gasteiger partial charge in [-0.25, -0.2) is 9.50 Å². The molecule has 5 nitrogen and oxygen atoms in total. The third-order valence-corrected chi connectivity index (χ3v) is 1.36. The molecule has 0 aliphatic rings. The molecule has 2 aromatic heterocycles. The number of hydrogen-bond donors (Lipinski definition) is 1. The van der Waals surface area contributed by atoms with E-state index >= 15 is 0 Å². The molecule has 5 heteroatoms. The minimum Gasteiger partial charge on any atom is -0.366 e. The molecule has 0 saturated carbocycles. The van der Waals surface area contributed by atoms with Gasteiger partial charge in [0.25, 0.3) is 5.78 Å². The van der Waals surface area contributed by atoms with E-state index in [1.54, 1.807) is 10.7 Å². The van der Waals surface area contributed by atoms with Gasteiger partial charge in [-0.05, 0) is 13.0 Å². The molecule has 0 bridgehead atoms. The Morgan fingerprint density at radius 3 is 3.09 bits per heavy atom. The number of nitrogen functional groups attached to an aromatic ring is 1. The van der Waals surface area contributed by atoms with Gasteiger partial charge in [0, 0.05) is 11.9 Å². The number of aromatic nitrogens is 4. The highest BCUT2D eigenvalue weighted by Gasteiger charge is 1.98. The fraction of sp³-hybridized carbons (Fsp3) is 0.167. The van der Waals surface area contributed by atoms with Crippen molar-refractivity contribution < 1.29 is 0 Å². The molecule has 0 aliphatic heterocycles. The summed E-state index contributed by atoms with van der Waals surface area (Å²) in [6.07, 6.45) is 1.78. The quantitative estimate of drug-likeness (QED) is 0.573. The summed E-state index contributed by atoms with van der Waals surface area (Å²) < 4.78 is 1.54. The van der Waals surface area contributed by atoms with Crippen LogP contribution in [0.4, 0.5) is 5.95 Å². The fourth-order valence-corrected chi connectivity index (χ4v) is 0.881. The number of aryl methyl sites for hydroxylation is 1. The predicted molar refractivity (Wildman–Crippen MR) is 39.9 cm³/mol. The van der Waals surface area contributed by atoms with E-state index in [2.05, 4.69) is 15.1 Å². The monoisotopic (exact) mass is 149 g/mol. The molecule has 2 aromatic rings. The van der Waals surface area contributed by atoms with Crippen LogP contribution in [0.3, 0.4) is 0 Å². The van der Waals surface area contributed by atoms with Crippen LogP contribution in [0.2, 0.25) is 0 Å². The zero-order chi connectivity index (χ0) is 7.84. The van der Waals surface area contributed by atoms with Gasteiger partial charge in [0.15, 0.2) is 0 Å². The van der Waals surface area contributed by atoms with Crippen molar-refractivity contribution in [3.63, 3.8) is 0 Å². The first kappa shape index (κ1) is 6.09. The van der Waals surface area contributed by atoms with E-state index in [0.29, 0.717) is 5.78 Å². The maximum absolute atomic E-state index is 5.36. The third-order valence-electron chi connectivity index (χ3n) is 1.36. The Hall–Kier alpha value is -1.65. The molecule has 0 unspecified atom stereocenters. The van der Waals surface area contributed by atoms with Crippen molar-refractivity contribution in [2.45, 2.75) is 6.92 Å². The second-order valence-electron chi connectivity index (χ2n) is 2.28. The van der Waals surface area contributed by atoms with E-state index in [0.717, 1.165) is 5.69 Å². The van der Waals surface area contributed by atoms with Crippen LogP contribution < -0.4 is 5.73 Å². The van der Waals surface area contributed by atoms with Crippen molar-refractivity contribution in [2.24, 2.45) is 0 Å². The van der Waals surface area contributed by atoms with E-state index in [1.807, 2.05) is 13.0 Å². The summed E-state index contributed by atoms with van der Waals surface area (Å²) in [4.78, 5) is 8.00. The van der Waals surface area contributed by atoms with E-state index in [1.165, 1.54) is 0 Å². The van der Waals surface area contributed by atoms with Gasteiger partial charge >= 0.3 is 0 Å². The number of nitrogens with zero attached hydrogens (tertiary/aromatic N) is 4. The second kappa shape index (κ2) is 1.91. The average molecular weight is 149 g/mol. The normalized spacial score (nSPS) is 10.6. The molecule has 0 fully saturated rings. The standard InChI is InChI=1S/C6H7N5/c1-4-2-3-11-6(8-4)9-5(7)10-11/h2-3H,1H3,(H2,7,10). The number of anilines is 1. The van der Waals surface area contributed by atoms with Crippen LogP contribution in [0, 0.1) is 6.92 Å². The Morgan fingerprint density at radius 1 is 1.45 bits per heavy atom. The molecule has 0 spiro atoms. The highest BCUT2D eigenvalue weighted by atomic mass is 15.3.